The van der Waals surface area contributed by atoms with Crippen LogP contribution >= 0.6 is 0 Å². The van der Waals surface area contributed by atoms with Crippen molar-refractivity contribution in [3.63, 3.8) is 0 Å². The second-order valence-corrected chi connectivity index (χ2v) is 4.56. The van der Waals surface area contributed by atoms with Crippen LogP contribution in [0.15, 0.2) is 6.20 Å². The van der Waals surface area contributed by atoms with Crippen LogP contribution in [0.1, 0.15) is 31.2 Å². The Labute approximate surface area is 89.5 Å². The maximum atomic E-state index is 4.50. The summed E-state index contributed by atoms with van der Waals surface area (Å²) in [6, 6.07) is 1.26. The van der Waals surface area contributed by atoms with E-state index in [2.05, 4.69) is 20.6 Å². The van der Waals surface area contributed by atoms with Crippen LogP contribution in [0.25, 0.3) is 0 Å². The van der Waals surface area contributed by atoms with Crippen LogP contribution in [-0.4, -0.2) is 22.1 Å². The van der Waals surface area contributed by atoms with Crippen molar-refractivity contribution in [3.05, 3.63) is 11.8 Å². The average molecular weight is 204 g/mol. The molecule has 1 heterocycles. The van der Waals surface area contributed by atoms with E-state index in [1.54, 1.807) is 0 Å². The fraction of sp³-hybridized carbons (Fsp3) is 0.636. The van der Waals surface area contributed by atoms with Crippen molar-refractivity contribution in [2.45, 2.75) is 44.7 Å². The first kappa shape index (κ1) is 8.95. The van der Waals surface area contributed by atoms with E-state index in [0.29, 0.717) is 12.1 Å². The van der Waals surface area contributed by atoms with E-state index in [9.17, 15) is 0 Å². The zero-order valence-corrected chi connectivity index (χ0v) is 8.95. The average Bonchev–Trinajstić information content (AvgIpc) is 3.05. The Balaban J connectivity index is 1.76. The highest BCUT2D eigenvalue weighted by Gasteiger charge is 2.24. The molecule has 0 aliphatic heterocycles. The molecule has 2 N–H and O–H groups in total. The highest BCUT2D eigenvalue weighted by molar-refractivity contribution is 5.48. The van der Waals surface area contributed by atoms with Crippen molar-refractivity contribution in [2.75, 3.05) is 10.6 Å². The molecule has 15 heavy (non-hydrogen) atoms. The zero-order valence-electron chi connectivity index (χ0n) is 8.95. The number of nitrogens with zero attached hydrogens (tertiary/aromatic N) is 2. The van der Waals surface area contributed by atoms with Crippen LogP contribution in [-0.2, 0) is 0 Å². The van der Waals surface area contributed by atoms with E-state index in [1.165, 1.54) is 25.7 Å². The van der Waals surface area contributed by atoms with Gasteiger partial charge in [-0.3, -0.25) is 0 Å². The van der Waals surface area contributed by atoms with Crippen molar-refractivity contribution >= 4 is 11.8 Å². The molecular weight excluding hydrogens is 188 g/mol. The summed E-state index contributed by atoms with van der Waals surface area (Å²) in [6.45, 7) is 2.05. The van der Waals surface area contributed by atoms with E-state index in [4.69, 9.17) is 0 Å². The minimum Gasteiger partial charge on any atom is -0.367 e. The molecule has 2 saturated carbocycles. The Bertz CT molecular complexity index is 369. The van der Waals surface area contributed by atoms with Gasteiger partial charge in [0.05, 0.1) is 0 Å². The van der Waals surface area contributed by atoms with Crippen molar-refractivity contribution < 1.29 is 0 Å². The third-order valence-corrected chi connectivity index (χ3v) is 2.80. The van der Waals surface area contributed by atoms with E-state index < -0.39 is 0 Å². The van der Waals surface area contributed by atoms with Crippen LogP contribution in [0.2, 0.25) is 0 Å². The summed E-state index contributed by atoms with van der Waals surface area (Å²) in [6.07, 6.45) is 6.94. The summed E-state index contributed by atoms with van der Waals surface area (Å²) in [5, 5.41) is 6.74. The summed E-state index contributed by atoms with van der Waals surface area (Å²) >= 11 is 0. The van der Waals surface area contributed by atoms with Gasteiger partial charge in [0.25, 0.3) is 0 Å². The third kappa shape index (κ3) is 2.19. The van der Waals surface area contributed by atoms with Crippen LogP contribution in [0.4, 0.5) is 11.8 Å². The first-order valence-corrected chi connectivity index (χ1v) is 5.68. The lowest BCUT2D eigenvalue weighted by molar-refractivity contribution is 1.02. The Hall–Kier alpha value is -1.32. The second kappa shape index (κ2) is 3.36. The Kier molecular flexibility index (Phi) is 2.01. The fourth-order valence-electron chi connectivity index (χ4n) is 1.49. The van der Waals surface area contributed by atoms with Crippen LogP contribution in [0, 0.1) is 6.92 Å². The Morgan fingerprint density at radius 3 is 2.47 bits per heavy atom. The molecule has 2 fully saturated rings. The van der Waals surface area contributed by atoms with Crippen molar-refractivity contribution in [3.8, 4) is 0 Å². The van der Waals surface area contributed by atoms with Gasteiger partial charge in [-0.2, -0.15) is 4.98 Å². The number of aromatic nitrogens is 2. The molecule has 0 saturated heterocycles. The number of nitrogens with one attached hydrogen (secondary N) is 2. The summed E-state index contributed by atoms with van der Waals surface area (Å²) in [4.78, 5) is 8.78. The quantitative estimate of drug-likeness (QED) is 0.787. The van der Waals surface area contributed by atoms with Gasteiger partial charge < -0.3 is 10.6 Å². The summed E-state index contributed by atoms with van der Waals surface area (Å²) in [5.41, 5.74) is 1.13. The third-order valence-electron chi connectivity index (χ3n) is 2.80. The van der Waals surface area contributed by atoms with Crippen molar-refractivity contribution in [2.24, 2.45) is 0 Å². The van der Waals surface area contributed by atoms with E-state index in [1.807, 2.05) is 13.1 Å². The Morgan fingerprint density at radius 2 is 1.80 bits per heavy atom. The predicted octanol–water partition coefficient (Wildman–Crippen LogP) is 1.93. The molecule has 0 radical (unpaired) electrons. The maximum absolute atomic E-state index is 4.50. The van der Waals surface area contributed by atoms with Gasteiger partial charge in [0.1, 0.15) is 5.82 Å². The minimum absolute atomic E-state index is 0.612. The largest absolute Gasteiger partial charge is 0.367 e. The standard InChI is InChI=1S/C11H16N4/c1-7-6-12-11(14-9-4-5-9)15-10(7)13-8-2-3-8/h6,8-9H,2-5H2,1H3,(H2,12,13,14,15). The molecule has 4 nitrogen and oxygen atoms in total. The SMILES string of the molecule is Cc1cnc(NC2CC2)nc1NC1CC1. The molecule has 80 valence electrons. The second-order valence-electron chi connectivity index (χ2n) is 4.56. The van der Waals surface area contributed by atoms with Gasteiger partial charge in [-0.05, 0) is 32.6 Å². The van der Waals surface area contributed by atoms with Gasteiger partial charge in [0.15, 0.2) is 0 Å². The lowest BCUT2D eigenvalue weighted by Crippen LogP contribution is -2.10. The zero-order chi connectivity index (χ0) is 10.3. The molecule has 4 heteroatoms. The lowest BCUT2D eigenvalue weighted by atomic mass is 10.3. The van der Waals surface area contributed by atoms with Gasteiger partial charge >= 0.3 is 0 Å². The molecule has 0 unspecified atom stereocenters. The van der Waals surface area contributed by atoms with E-state index in [-0.39, 0.29) is 0 Å². The molecule has 2 aliphatic carbocycles. The molecule has 0 amide bonds. The summed E-state index contributed by atoms with van der Waals surface area (Å²) < 4.78 is 0. The van der Waals surface area contributed by atoms with Crippen LogP contribution < -0.4 is 10.6 Å². The van der Waals surface area contributed by atoms with E-state index in [0.717, 1.165) is 17.3 Å². The van der Waals surface area contributed by atoms with Gasteiger partial charge in [-0.25, -0.2) is 4.98 Å². The number of rotatable bonds is 4. The maximum Gasteiger partial charge on any atom is 0.224 e. The van der Waals surface area contributed by atoms with Gasteiger partial charge in [-0.1, -0.05) is 0 Å². The monoisotopic (exact) mass is 204 g/mol. The van der Waals surface area contributed by atoms with Gasteiger partial charge in [0, 0.05) is 23.8 Å². The summed E-state index contributed by atoms with van der Waals surface area (Å²) in [5.74, 6) is 1.77. The lowest BCUT2D eigenvalue weighted by Gasteiger charge is -2.09. The molecule has 1 aromatic rings. The summed E-state index contributed by atoms with van der Waals surface area (Å²) in [7, 11) is 0. The van der Waals surface area contributed by atoms with Crippen molar-refractivity contribution in [1.29, 1.82) is 0 Å². The molecule has 1 aromatic heterocycles. The highest BCUT2D eigenvalue weighted by Crippen LogP contribution is 2.27. The first-order valence-electron chi connectivity index (χ1n) is 5.68. The van der Waals surface area contributed by atoms with E-state index >= 15 is 0 Å². The van der Waals surface area contributed by atoms with Crippen molar-refractivity contribution in [1.82, 2.24) is 9.97 Å². The molecule has 3 rings (SSSR count). The first-order chi connectivity index (χ1) is 7.31. The number of aryl methyl sites for hydroxylation is 1. The molecule has 0 atom stereocenters. The molecule has 0 bridgehead atoms. The van der Waals surface area contributed by atoms with Gasteiger partial charge in [0.2, 0.25) is 5.95 Å². The molecule has 0 spiro atoms. The van der Waals surface area contributed by atoms with Crippen LogP contribution in [0.5, 0.6) is 0 Å². The molecule has 0 aromatic carbocycles. The Morgan fingerprint density at radius 1 is 1.13 bits per heavy atom. The fourth-order valence-corrected chi connectivity index (χ4v) is 1.49. The topological polar surface area (TPSA) is 49.8 Å². The highest BCUT2D eigenvalue weighted by atomic mass is 15.2. The van der Waals surface area contributed by atoms with Crippen LogP contribution in [0.3, 0.4) is 0 Å². The minimum atomic E-state index is 0.612. The number of anilines is 2. The normalized spacial score (nSPS) is 20.1. The molecular formula is C11H16N4. The number of hydrogen-bond acceptors (Lipinski definition) is 4. The number of hydrogen-bond donors (Lipinski definition) is 2. The molecule has 2 aliphatic rings. The smallest absolute Gasteiger partial charge is 0.224 e. The predicted molar refractivity (Wildman–Crippen MR) is 60.1 cm³/mol. The van der Waals surface area contributed by atoms with Gasteiger partial charge in [-0.15, -0.1) is 0 Å².